The Morgan fingerprint density at radius 2 is 2.00 bits per heavy atom. The van der Waals surface area contributed by atoms with Gasteiger partial charge in [0.15, 0.2) is 0 Å². The number of fused-ring (bicyclic) bond motifs is 2. The maximum absolute atomic E-state index is 12.7. The van der Waals surface area contributed by atoms with Gasteiger partial charge in [-0.2, -0.15) is 0 Å². The summed E-state index contributed by atoms with van der Waals surface area (Å²) in [5.41, 5.74) is 2.79. The lowest BCUT2D eigenvalue weighted by Gasteiger charge is -2.29. The van der Waals surface area contributed by atoms with E-state index < -0.39 is 0 Å². The standard InChI is InChI=1S/C25H26ClN5O2/c26-23-19-16-31-21(15-18-7-3-1-4-8-18)24(32)29-25(31)28-20(19)9-10-22(23)33-14-6-2-5-12-30-13-11-27-17-30/h1,3-4,7-11,13,17,21H,2,5-6,12,14-16H2,(H,28,29,32). The first-order valence-electron chi connectivity index (χ1n) is 11.3. The lowest BCUT2D eigenvalue weighted by molar-refractivity contribution is -0.121. The smallest absolute Gasteiger partial charge is 0.249 e. The first-order valence-corrected chi connectivity index (χ1v) is 11.7. The van der Waals surface area contributed by atoms with Crippen molar-refractivity contribution in [3.05, 3.63) is 77.3 Å². The molecule has 2 aliphatic heterocycles. The number of nitrogens with one attached hydrogen (secondary N) is 1. The van der Waals surface area contributed by atoms with E-state index >= 15 is 0 Å². The zero-order valence-corrected chi connectivity index (χ0v) is 19.0. The number of carbonyl (C=O) groups is 1. The molecule has 33 heavy (non-hydrogen) atoms. The summed E-state index contributed by atoms with van der Waals surface area (Å²) in [7, 11) is 0. The molecule has 3 aromatic rings. The predicted molar refractivity (Wildman–Crippen MR) is 128 cm³/mol. The molecule has 2 aliphatic rings. The van der Waals surface area contributed by atoms with Gasteiger partial charge < -0.3 is 14.2 Å². The fraction of sp³-hybridized carbons (Fsp3) is 0.320. The summed E-state index contributed by atoms with van der Waals surface area (Å²) in [5, 5.41) is 3.50. The number of aromatic nitrogens is 2. The normalized spacial score (nSPS) is 16.8. The molecule has 7 nitrogen and oxygen atoms in total. The molecule has 1 atom stereocenters. The average molecular weight is 464 g/mol. The number of hydrogen-bond acceptors (Lipinski definition) is 5. The van der Waals surface area contributed by atoms with Crippen LogP contribution in [0.25, 0.3) is 0 Å². The summed E-state index contributed by atoms with van der Waals surface area (Å²) in [6, 6.07) is 13.5. The fourth-order valence-electron chi connectivity index (χ4n) is 4.29. The van der Waals surface area contributed by atoms with Crippen LogP contribution in [0.15, 0.2) is 66.2 Å². The fourth-order valence-corrected chi connectivity index (χ4v) is 4.56. The van der Waals surface area contributed by atoms with Gasteiger partial charge in [-0.25, -0.2) is 9.98 Å². The lowest BCUT2D eigenvalue weighted by atomic mass is 10.0. The summed E-state index contributed by atoms with van der Waals surface area (Å²) in [4.78, 5) is 23.4. The average Bonchev–Trinajstić information content (AvgIpc) is 3.45. The summed E-state index contributed by atoms with van der Waals surface area (Å²) in [5.74, 6) is 1.23. The number of imidazole rings is 1. The molecule has 0 saturated carbocycles. The third kappa shape index (κ3) is 4.73. The van der Waals surface area contributed by atoms with E-state index in [4.69, 9.17) is 16.3 Å². The Morgan fingerprint density at radius 3 is 2.82 bits per heavy atom. The molecule has 8 heteroatoms. The highest BCUT2D eigenvalue weighted by Gasteiger charge is 2.39. The molecular weight excluding hydrogens is 438 g/mol. The molecular formula is C25H26ClN5O2. The number of rotatable bonds is 9. The minimum Gasteiger partial charge on any atom is -0.492 e. The number of benzene rings is 2. The second kappa shape index (κ2) is 9.67. The van der Waals surface area contributed by atoms with Gasteiger partial charge in [0.1, 0.15) is 11.8 Å². The van der Waals surface area contributed by atoms with Crippen molar-refractivity contribution in [3.63, 3.8) is 0 Å². The van der Waals surface area contributed by atoms with Crippen LogP contribution in [-0.2, 0) is 24.3 Å². The molecule has 1 N–H and O–H groups in total. The van der Waals surface area contributed by atoms with Gasteiger partial charge in [0.2, 0.25) is 11.9 Å². The second-order valence-electron chi connectivity index (χ2n) is 8.34. The zero-order valence-electron chi connectivity index (χ0n) is 18.3. The maximum Gasteiger partial charge on any atom is 0.249 e. The number of aryl methyl sites for hydroxylation is 1. The van der Waals surface area contributed by atoms with Gasteiger partial charge in [-0.1, -0.05) is 41.9 Å². The molecule has 2 aromatic carbocycles. The number of halogens is 1. The molecule has 0 radical (unpaired) electrons. The van der Waals surface area contributed by atoms with Gasteiger partial charge in [0.25, 0.3) is 0 Å². The number of hydrogen-bond donors (Lipinski definition) is 1. The van der Waals surface area contributed by atoms with Gasteiger partial charge in [-0.15, -0.1) is 0 Å². The van der Waals surface area contributed by atoms with E-state index in [1.807, 2.05) is 59.9 Å². The molecule has 170 valence electrons. The Labute approximate surface area is 198 Å². The van der Waals surface area contributed by atoms with Crippen LogP contribution in [0.2, 0.25) is 5.02 Å². The van der Waals surface area contributed by atoms with E-state index in [1.54, 1.807) is 6.20 Å². The van der Waals surface area contributed by atoms with Crippen molar-refractivity contribution in [1.29, 1.82) is 0 Å². The van der Waals surface area contributed by atoms with Crippen LogP contribution < -0.4 is 10.1 Å². The Morgan fingerprint density at radius 1 is 1.12 bits per heavy atom. The second-order valence-corrected chi connectivity index (χ2v) is 8.72. The van der Waals surface area contributed by atoms with Crippen LogP contribution >= 0.6 is 11.6 Å². The van der Waals surface area contributed by atoms with Crippen molar-refractivity contribution in [2.75, 3.05) is 6.61 Å². The Hall–Kier alpha value is -3.32. The zero-order chi connectivity index (χ0) is 22.6. The number of carbonyl (C=O) groups excluding carboxylic acids is 1. The number of nitrogens with zero attached hydrogens (tertiary/aromatic N) is 4. The van der Waals surface area contributed by atoms with Crippen molar-refractivity contribution in [3.8, 4) is 5.75 Å². The Kier molecular flexibility index (Phi) is 6.30. The molecule has 1 saturated heterocycles. The first kappa shape index (κ1) is 21.5. The summed E-state index contributed by atoms with van der Waals surface area (Å²) >= 11 is 6.73. The summed E-state index contributed by atoms with van der Waals surface area (Å²) in [6.45, 7) is 2.09. The Balaban J connectivity index is 1.21. The third-order valence-electron chi connectivity index (χ3n) is 6.07. The molecule has 1 unspecified atom stereocenters. The van der Waals surface area contributed by atoms with E-state index in [-0.39, 0.29) is 11.9 Å². The molecule has 1 fully saturated rings. The Bertz CT molecular complexity index is 1150. The summed E-state index contributed by atoms with van der Waals surface area (Å²) < 4.78 is 8.08. The van der Waals surface area contributed by atoms with Gasteiger partial charge in [0.05, 0.1) is 30.2 Å². The quantitative estimate of drug-likeness (QED) is 0.479. The topological polar surface area (TPSA) is 71.7 Å². The molecule has 1 aromatic heterocycles. The van der Waals surface area contributed by atoms with E-state index in [0.717, 1.165) is 42.6 Å². The summed E-state index contributed by atoms with van der Waals surface area (Å²) in [6.07, 6.45) is 9.33. The highest BCUT2D eigenvalue weighted by molar-refractivity contribution is 6.33. The number of unbranched alkanes of at least 4 members (excludes halogenated alkanes) is 2. The van der Waals surface area contributed by atoms with E-state index in [9.17, 15) is 4.79 Å². The first-order chi connectivity index (χ1) is 16.2. The minimum atomic E-state index is -0.310. The van der Waals surface area contributed by atoms with Gasteiger partial charge in [-0.05, 0) is 37.0 Å². The minimum absolute atomic E-state index is 0.0336. The van der Waals surface area contributed by atoms with E-state index in [2.05, 4.69) is 19.9 Å². The number of ether oxygens (including phenoxy) is 1. The van der Waals surface area contributed by atoms with Crippen LogP contribution in [0, 0.1) is 0 Å². The van der Waals surface area contributed by atoms with Crippen LogP contribution in [0.5, 0.6) is 5.75 Å². The van der Waals surface area contributed by atoms with Gasteiger partial charge in [0, 0.05) is 30.9 Å². The number of aliphatic imine (C=N–C) groups is 1. The highest BCUT2D eigenvalue weighted by atomic mass is 35.5. The molecule has 0 aliphatic carbocycles. The van der Waals surface area contributed by atoms with E-state index in [0.29, 0.717) is 36.3 Å². The largest absolute Gasteiger partial charge is 0.492 e. The van der Waals surface area contributed by atoms with Crippen molar-refractivity contribution < 1.29 is 9.53 Å². The highest BCUT2D eigenvalue weighted by Crippen LogP contribution is 2.39. The predicted octanol–water partition coefficient (Wildman–Crippen LogP) is 4.33. The van der Waals surface area contributed by atoms with Crippen LogP contribution in [0.3, 0.4) is 0 Å². The maximum atomic E-state index is 12.7. The molecule has 3 heterocycles. The van der Waals surface area contributed by atoms with Crippen LogP contribution in [0.1, 0.15) is 30.4 Å². The van der Waals surface area contributed by atoms with Crippen LogP contribution in [-0.4, -0.2) is 39.0 Å². The number of amides is 1. The van der Waals surface area contributed by atoms with Crippen LogP contribution in [0.4, 0.5) is 5.69 Å². The van der Waals surface area contributed by atoms with Gasteiger partial charge >= 0.3 is 0 Å². The lowest BCUT2D eigenvalue weighted by Crippen LogP contribution is -2.38. The van der Waals surface area contributed by atoms with E-state index in [1.165, 1.54) is 0 Å². The molecule has 0 bridgehead atoms. The SMILES string of the molecule is O=C1NC2=Nc3ccc(OCCCCCn4ccnc4)c(Cl)c3CN2C1Cc1ccccc1. The van der Waals surface area contributed by atoms with Crippen molar-refractivity contribution >= 4 is 29.2 Å². The third-order valence-corrected chi connectivity index (χ3v) is 6.49. The molecule has 0 spiro atoms. The molecule has 5 rings (SSSR count). The van der Waals surface area contributed by atoms with Crippen molar-refractivity contribution in [1.82, 2.24) is 19.8 Å². The van der Waals surface area contributed by atoms with Crippen molar-refractivity contribution in [2.45, 2.75) is 44.8 Å². The van der Waals surface area contributed by atoms with Crippen molar-refractivity contribution in [2.24, 2.45) is 4.99 Å². The molecule has 1 amide bonds. The monoisotopic (exact) mass is 463 g/mol. The number of guanidine groups is 1. The van der Waals surface area contributed by atoms with Gasteiger partial charge in [-0.3, -0.25) is 10.1 Å².